The molecule has 1 fully saturated rings. The van der Waals surface area contributed by atoms with E-state index in [1.807, 2.05) is 0 Å². The number of rotatable bonds is 3. The average Bonchev–Trinajstić information content (AvgIpc) is 2.38. The standard InChI is InChI=1S/C14H18ClNO3/c1-18-10-3-2-4-11(8-10)19-14(17)12-6-5-9(16)7-13(12)15/h5-7,10-11H,2-4,8,16H2,1H3. The maximum Gasteiger partial charge on any atom is 0.339 e. The van der Waals surface area contributed by atoms with Gasteiger partial charge in [0.15, 0.2) is 0 Å². The first-order valence-corrected chi connectivity index (χ1v) is 6.76. The van der Waals surface area contributed by atoms with E-state index in [-0.39, 0.29) is 12.2 Å². The summed E-state index contributed by atoms with van der Waals surface area (Å²) in [6, 6.07) is 4.79. The number of halogens is 1. The van der Waals surface area contributed by atoms with Gasteiger partial charge in [-0.05, 0) is 37.5 Å². The Morgan fingerprint density at radius 3 is 2.79 bits per heavy atom. The second-order valence-corrected chi connectivity index (χ2v) is 5.20. The van der Waals surface area contributed by atoms with Crippen molar-refractivity contribution in [3.8, 4) is 0 Å². The van der Waals surface area contributed by atoms with Crippen LogP contribution in [0.3, 0.4) is 0 Å². The molecule has 0 spiro atoms. The summed E-state index contributed by atoms with van der Waals surface area (Å²) in [5, 5.41) is 0.323. The van der Waals surface area contributed by atoms with Gasteiger partial charge in [-0.1, -0.05) is 11.6 Å². The van der Waals surface area contributed by atoms with Crippen LogP contribution in [0.4, 0.5) is 5.69 Å². The lowest BCUT2D eigenvalue weighted by atomic mass is 9.95. The molecule has 0 bridgehead atoms. The summed E-state index contributed by atoms with van der Waals surface area (Å²) >= 11 is 5.99. The molecule has 1 aromatic rings. The highest BCUT2D eigenvalue weighted by atomic mass is 35.5. The lowest BCUT2D eigenvalue weighted by Crippen LogP contribution is -2.29. The summed E-state index contributed by atoms with van der Waals surface area (Å²) in [6.07, 6.45) is 3.72. The summed E-state index contributed by atoms with van der Waals surface area (Å²) in [6.45, 7) is 0. The van der Waals surface area contributed by atoms with Crippen molar-refractivity contribution >= 4 is 23.3 Å². The monoisotopic (exact) mass is 283 g/mol. The molecule has 1 aliphatic rings. The topological polar surface area (TPSA) is 61.5 Å². The van der Waals surface area contributed by atoms with Gasteiger partial charge in [0, 0.05) is 19.2 Å². The summed E-state index contributed by atoms with van der Waals surface area (Å²) in [4.78, 5) is 12.1. The molecule has 5 heteroatoms. The molecule has 2 rings (SSSR count). The number of methoxy groups -OCH3 is 1. The molecule has 1 aromatic carbocycles. The van der Waals surface area contributed by atoms with Crippen LogP contribution in [-0.4, -0.2) is 25.3 Å². The Hall–Kier alpha value is -1.26. The quantitative estimate of drug-likeness (QED) is 0.684. The summed E-state index contributed by atoms with van der Waals surface area (Å²) in [5.74, 6) is -0.397. The third-order valence-corrected chi connectivity index (χ3v) is 3.71. The highest BCUT2D eigenvalue weighted by Gasteiger charge is 2.25. The van der Waals surface area contributed by atoms with Crippen molar-refractivity contribution < 1.29 is 14.3 Å². The molecule has 0 aromatic heterocycles. The molecule has 2 N–H and O–H groups in total. The van der Waals surface area contributed by atoms with Crippen molar-refractivity contribution in [1.82, 2.24) is 0 Å². The lowest BCUT2D eigenvalue weighted by Gasteiger charge is -2.28. The first kappa shape index (κ1) is 14.2. The molecule has 2 atom stereocenters. The van der Waals surface area contributed by atoms with Crippen LogP contribution in [0, 0.1) is 0 Å². The number of carbonyl (C=O) groups is 1. The normalized spacial score (nSPS) is 23.1. The zero-order valence-electron chi connectivity index (χ0n) is 10.9. The molecule has 0 saturated heterocycles. The molecular weight excluding hydrogens is 266 g/mol. The number of nitrogens with two attached hydrogens (primary N) is 1. The predicted molar refractivity (Wildman–Crippen MR) is 74.3 cm³/mol. The summed E-state index contributed by atoms with van der Waals surface area (Å²) in [5.41, 5.74) is 6.48. The van der Waals surface area contributed by atoms with E-state index < -0.39 is 5.97 Å². The number of benzene rings is 1. The van der Waals surface area contributed by atoms with Gasteiger partial charge in [0.2, 0.25) is 0 Å². The number of hydrogen-bond donors (Lipinski definition) is 1. The first-order valence-electron chi connectivity index (χ1n) is 6.39. The minimum Gasteiger partial charge on any atom is -0.459 e. The van der Waals surface area contributed by atoms with Crippen LogP contribution in [0.2, 0.25) is 5.02 Å². The SMILES string of the molecule is COC1CCCC(OC(=O)c2ccc(N)cc2Cl)C1. The molecule has 0 aliphatic heterocycles. The van der Waals surface area contributed by atoms with Crippen LogP contribution < -0.4 is 5.73 Å². The summed E-state index contributed by atoms with van der Waals surface area (Å²) in [7, 11) is 1.69. The molecule has 2 unspecified atom stereocenters. The summed E-state index contributed by atoms with van der Waals surface area (Å²) < 4.78 is 10.8. The van der Waals surface area contributed by atoms with Gasteiger partial charge < -0.3 is 15.2 Å². The van der Waals surface area contributed by atoms with Gasteiger partial charge in [-0.2, -0.15) is 0 Å². The molecule has 1 saturated carbocycles. The van der Waals surface area contributed by atoms with Gasteiger partial charge in [0.05, 0.1) is 16.7 Å². The first-order chi connectivity index (χ1) is 9.10. The van der Waals surface area contributed by atoms with Crippen LogP contribution in [0.15, 0.2) is 18.2 Å². The Labute approximate surface area is 117 Å². The van der Waals surface area contributed by atoms with Gasteiger partial charge in [-0.25, -0.2) is 4.79 Å². The molecule has 19 heavy (non-hydrogen) atoms. The van der Waals surface area contributed by atoms with Crippen LogP contribution in [0.1, 0.15) is 36.0 Å². The fourth-order valence-electron chi connectivity index (χ4n) is 2.33. The zero-order valence-corrected chi connectivity index (χ0v) is 11.7. The van der Waals surface area contributed by atoms with E-state index in [0.717, 1.165) is 25.7 Å². The van der Waals surface area contributed by atoms with E-state index >= 15 is 0 Å². The van der Waals surface area contributed by atoms with Crippen LogP contribution in [0.25, 0.3) is 0 Å². The van der Waals surface area contributed by atoms with Gasteiger partial charge in [0.1, 0.15) is 6.10 Å². The van der Waals surface area contributed by atoms with E-state index in [0.29, 0.717) is 16.3 Å². The average molecular weight is 284 g/mol. The Bertz CT molecular complexity index is 464. The predicted octanol–water partition coefficient (Wildman–Crippen LogP) is 3.04. The van der Waals surface area contributed by atoms with Crippen molar-refractivity contribution in [2.24, 2.45) is 0 Å². The van der Waals surface area contributed by atoms with Gasteiger partial charge in [-0.15, -0.1) is 0 Å². The van der Waals surface area contributed by atoms with Crippen molar-refractivity contribution in [3.05, 3.63) is 28.8 Å². The van der Waals surface area contributed by atoms with Crippen molar-refractivity contribution in [2.75, 3.05) is 12.8 Å². The molecule has 1 aliphatic carbocycles. The largest absolute Gasteiger partial charge is 0.459 e. The van der Waals surface area contributed by atoms with Crippen LogP contribution in [0.5, 0.6) is 0 Å². The number of ether oxygens (including phenoxy) is 2. The fraction of sp³-hybridized carbons (Fsp3) is 0.500. The Kier molecular flexibility index (Phi) is 4.66. The van der Waals surface area contributed by atoms with Crippen molar-refractivity contribution in [1.29, 1.82) is 0 Å². The third-order valence-electron chi connectivity index (χ3n) is 3.40. The van der Waals surface area contributed by atoms with E-state index in [9.17, 15) is 4.79 Å². The lowest BCUT2D eigenvalue weighted by molar-refractivity contribution is -0.0149. The Morgan fingerprint density at radius 2 is 2.11 bits per heavy atom. The molecular formula is C14H18ClNO3. The molecule has 0 amide bonds. The van der Waals surface area contributed by atoms with E-state index in [1.54, 1.807) is 25.3 Å². The number of carbonyl (C=O) groups excluding carboxylic acids is 1. The van der Waals surface area contributed by atoms with E-state index in [4.69, 9.17) is 26.8 Å². The minimum absolute atomic E-state index is 0.0974. The van der Waals surface area contributed by atoms with Gasteiger partial charge in [-0.3, -0.25) is 0 Å². The van der Waals surface area contributed by atoms with Gasteiger partial charge in [0.25, 0.3) is 0 Å². The molecule has 104 valence electrons. The molecule has 0 radical (unpaired) electrons. The Morgan fingerprint density at radius 1 is 1.37 bits per heavy atom. The fourth-order valence-corrected chi connectivity index (χ4v) is 2.60. The maximum atomic E-state index is 12.1. The third kappa shape index (κ3) is 3.61. The number of anilines is 1. The number of hydrogen-bond acceptors (Lipinski definition) is 4. The van der Waals surface area contributed by atoms with Gasteiger partial charge >= 0.3 is 5.97 Å². The number of nitrogen functional groups attached to an aromatic ring is 1. The second-order valence-electron chi connectivity index (χ2n) is 4.79. The highest BCUT2D eigenvalue weighted by Crippen LogP contribution is 2.26. The molecule has 0 heterocycles. The zero-order chi connectivity index (χ0) is 13.8. The Balaban J connectivity index is 2.00. The second kappa shape index (κ2) is 6.26. The minimum atomic E-state index is -0.397. The van der Waals surface area contributed by atoms with Crippen LogP contribution >= 0.6 is 11.6 Å². The van der Waals surface area contributed by atoms with Crippen molar-refractivity contribution in [2.45, 2.75) is 37.9 Å². The smallest absolute Gasteiger partial charge is 0.339 e. The van der Waals surface area contributed by atoms with E-state index in [1.165, 1.54) is 0 Å². The van der Waals surface area contributed by atoms with Crippen LogP contribution in [-0.2, 0) is 9.47 Å². The number of esters is 1. The van der Waals surface area contributed by atoms with Crippen molar-refractivity contribution in [3.63, 3.8) is 0 Å². The molecule has 4 nitrogen and oxygen atoms in total. The highest BCUT2D eigenvalue weighted by molar-refractivity contribution is 6.33. The van der Waals surface area contributed by atoms with E-state index in [2.05, 4.69) is 0 Å². The maximum absolute atomic E-state index is 12.1.